The van der Waals surface area contributed by atoms with E-state index in [1.165, 1.54) is 5.56 Å². The second-order valence-corrected chi connectivity index (χ2v) is 8.00. The number of fused-ring (bicyclic) bond motifs is 1. The Morgan fingerprint density at radius 3 is 2.38 bits per heavy atom. The van der Waals surface area contributed by atoms with Gasteiger partial charge in [-0.25, -0.2) is 0 Å². The van der Waals surface area contributed by atoms with Gasteiger partial charge in [0.2, 0.25) is 5.91 Å². The van der Waals surface area contributed by atoms with E-state index in [9.17, 15) is 14.7 Å². The van der Waals surface area contributed by atoms with Gasteiger partial charge >= 0.3 is 5.97 Å². The fourth-order valence-electron chi connectivity index (χ4n) is 4.27. The summed E-state index contributed by atoms with van der Waals surface area (Å²) in [6, 6.07) is 13.4. The van der Waals surface area contributed by atoms with Gasteiger partial charge in [-0.15, -0.1) is 0 Å². The molecular weight excluding hydrogens is 366 g/mol. The molecule has 1 aliphatic rings. The van der Waals surface area contributed by atoms with Crippen molar-refractivity contribution in [2.75, 3.05) is 13.1 Å². The van der Waals surface area contributed by atoms with Crippen molar-refractivity contribution in [3.63, 3.8) is 0 Å². The third-order valence-corrected chi connectivity index (χ3v) is 6.32. The first-order valence-corrected chi connectivity index (χ1v) is 9.95. The predicted molar refractivity (Wildman–Crippen MR) is 111 cm³/mol. The van der Waals surface area contributed by atoms with Crippen molar-refractivity contribution in [2.24, 2.45) is 0 Å². The number of rotatable bonds is 4. The molecule has 0 bridgehead atoms. The minimum absolute atomic E-state index is 0.0120. The fourth-order valence-corrected chi connectivity index (χ4v) is 4.27. The van der Waals surface area contributed by atoms with E-state index in [1.54, 1.807) is 11.2 Å². The molecule has 29 heavy (non-hydrogen) atoms. The number of hydrogen-bond donors (Lipinski definition) is 1. The molecule has 1 aliphatic heterocycles. The first-order valence-electron chi connectivity index (χ1n) is 9.95. The highest BCUT2D eigenvalue weighted by atomic mass is 16.4. The van der Waals surface area contributed by atoms with E-state index in [1.807, 2.05) is 50.2 Å². The molecule has 1 saturated heterocycles. The third-order valence-electron chi connectivity index (χ3n) is 6.32. The summed E-state index contributed by atoms with van der Waals surface area (Å²) in [5.41, 5.74) is 3.89. The number of benzene rings is 2. The highest BCUT2D eigenvalue weighted by Crippen LogP contribution is 2.36. The van der Waals surface area contributed by atoms with Gasteiger partial charge in [0, 0.05) is 24.0 Å². The molecule has 5 nitrogen and oxygen atoms in total. The van der Waals surface area contributed by atoms with Crippen molar-refractivity contribution in [1.82, 2.24) is 4.90 Å². The smallest absolute Gasteiger partial charge is 0.314 e. The molecule has 4 rings (SSSR count). The summed E-state index contributed by atoms with van der Waals surface area (Å²) in [6.07, 6.45) is 2.77. The lowest BCUT2D eigenvalue weighted by atomic mass is 9.73. The van der Waals surface area contributed by atoms with Crippen LogP contribution in [0.2, 0.25) is 0 Å². The van der Waals surface area contributed by atoms with Crippen LogP contribution < -0.4 is 0 Å². The zero-order valence-electron chi connectivity index (χ0n) is 16.8. The molecule has 1 fully saturated rings. The van der Waals surface area contributed by atoms with Crippen molar-refractivity contribution < 1.29 is 19.1 Å². The number of piperidine rings is 1. The minimum atomic E-state index is -0.922. The number of carboxylic acid groups (broad SMARTS) is 1. The highest BCUT2D eigenvalue weighted by molar-refractivity contribution is 5.89. The van der Waals surface area contributed by atoms with Crippen molar-refractivity contribution >= 4 is 22.8 Å². The molecule has 1 N–H and O–H groups in total. The van der Waals surface area contributed by atoms with Gasteiger partial charge in [-0.2, -0.15) is 0 Å². The normalized spacial score (nSPS) is 16.1. The Hall–Kier alpha value is -3.08. The first-order chi connectivity index (χ1) is 13.9. The molecule has 0 atom stereocenters. The lowest BCUT2D eigenvalue weighted by Gasteiger charge is -2.39. The van der Waals surface area contributed by atoms with Gasteiger partial charge in [0.15, 0.2) is 0 Å². The van der Waals surface area contributed by atoms with Crippen LogP contribution >= 0.6 is 0 Å². The summed E-state index contributed by atoms with van der Waals surface area (Å²) in [7, 11) is 0. The number of furan rings is 1. The number of carboxylic acids is 1. The fraction of sp³-hybridized carbons (Fsp3) is 0.333. The number of aliphatic carboxylic acids is 1. The lowest BCUT2D eigenvalue weighted by molar-refractivity contribution is -0.148. The largest absolute Gasteiger partial charge is 0.481 e. The summed E-state index contributed by atoms with van der Waals surface area (Å²) >= 11 is 0. The van der Waals surface area contributed by atoms with Crippen LogP contribution in [0.4, 0.5) is 0 Å². The Kier molecular flexibility index (Phi) is 4.91. The predicted octanol–water partition coefficient (Wildman–Crippen LogP) is 4.24. The summed E-state index contributed by atoms with van der Waals surface area (Å²) < 4.78 is 5.65. The standard InChI is InChI=1S/C24H25NO4/c1-16-12-20-18(15-29-21(20)13-17(16)2)14-22(26)25-10-8-24(9-11-25,23(27)28)19-6-4-3-5-7-19/h3-7,12-13,15H,8-11,14H2,1-2H3,(H,27,28). The van der Waals surface area contributed by atoms with E-state index in [-0.39, 0.29) is 12.3 Å². The summed E-state index contributed by atoms with van der Waals surface area (Å²) in [6.45, 7) is 4.96. The molecule has 0 spiro atoms. The lowest BCUT2D eigenvalue weighted by Crippen LogP contribution is -2.49. The van der Waals surface area contributed by atoms with Gasteiger partial charge < -0.3 is 14.4 Å². The Labute approximate surface area is 169 Å². The van der Waals surface area contributed by atoms with Gasteiger partial charge in [-0.3, -0.25) is 9.59 Å². The molecule has 1 aromatic heterocycles. The average molecular weight is 391 g/mol. The van der Waals surface area contributed by atoms with E-state index < -0.39 is 11.4 Å². The number of carbonyl (C=O) groups excluding carboxylic acids is 1. The van der Waals surface area contributed by atoms with E-state index in [4.69, 9.17) is 4.42 Å². The van der Waals surface area contributed by atoms with Crippen LogP contribution in [0.15, 0.2) is 53.1 Å². The van der Waals surface area contributed by atoms with Crippen LogP contribution in [0.25, 0.3) is 11.0 Å². The maximum absolute atomic E-state index is 12.9. The van der Waals surface area contributed by atoms with Crippen molar-refractivity contribution in [2.45, 2.75) is 38.5 Å². The van der Waals surface area contributed by atoms with Crippen molar-refractivity contribution in [3.05, 3.63) is 71.0 Å². The third kappa shape index (κ3) is 3.41. The SMILES string of the molecule is Cc1cc2occ(CC(=O)N3CCC(C(=O)O)(c4ccccc4)CC3)c2cc1C. The maximum atomic E-state index is 12.9. The molecule has 0 saturated carbocycles. The topological polar surface area (TPSA) is 70.8 Å². The minimum Gasteiger partial charge on any atom is -0.481 e. The quantitative estimate of drug-likeness (QED) is 0.722. The van der Waals surface area contributed by atoms with Gasteiger partial charge in [0.25, 0.3) is 0 Å². The van der Waals surface area contributed by atoms with Gasteiger partial charge in [0.1, 0.15) is 5.58 Å². The van der Waals surface area contributed by atoms with Crippen LogP contribution in [0.1, 0.15) is 35.1 Å². The molecule has 0 aliphatic carbocycles. The van der Waals surface area contributed by atoms with Crippen molar-refractivity contribution in [1.29, 1.82) is 0 Å². The Balaban J connectivity index is 1.50. The average Bonchev–Trinajstić information content (AvgIpc) is 3.10. The Bertz CT molecular complexity index is 1060. The van der Waals surface area contributed by atoms with E-state index in [0.717, 1.165) is 27.7 Å². The molecule has 2 aromatic carbocycles. The number of amides is 1. The molecule has 0 radical (unpaired) electrons. The van der Waals surface area contributed by atoms with Crippen LogP contribution in [-0.4, -0.2) is 35.0 Å². The number of likely N-dealkylation sites (tertiary alicyclic amines) is 1. The van der Waals surface area contributed by atoms with E-state index >= 15 is 0 Å². The molecule has 2 heterocycles. The summed E-state index contributed by atoms with van der Waals surface area (Å²) in [5.74, 6) is -0.805. The summed E-state index contributed by atoms with van der Waals surface area (Å²) in [4.78, 5) is 26.8. The zero-order chi connectivity index (χ0) is 20.6. The number of carbonyl (C=O) groups is 2. The van der Waals surface area contributed by atoms with Crippen LogP contribution in [0.5, 0.6) is 0 Å². The monoisotopic (exact) mass is 391 g/mol. The van der Waals surface area contributed by atoms with Gasteiger partial charge in [0.05, 0.1) is 18.1 Å². The van der Waals surface area contributed by atoms with Crippen LogP contribution in [-0.2, 0) is 21.4 Å². The number of hydrogen-bond acceptors (Lipinski definition) is 3. The summed E-state index contributed by atoms with van der Waals surface area (Å²) in [5, 5.41) is 10.9. The van der Waals surface area contributed by atoms with Crippen LogP contribution in [0.3, 0.4) is 0 Å². The van der Waals surface area contributed by atoms with Gasteiger partial charge in [-0.1, -0.05) is 30.3 Å². The molecular formula is C24H25NO4. The first kappa shape index (κ1) is 19.2. The van der Waals surface area contributed by atoms with Gasteiger partial charge in [-0.05, 0) is 55.5 Å². The Morgan fingerprint density at radius 2 is 1.72 bits per heavy atom. The second-order valence-electron chi connectivity index (χ2n) is 8.00. The second kappa shape index (κ2) is 7.39. The molecule has 0 unspecified atom stereocenters. The maximum Gasteiger partial charge on any atom is 0.314 e. The van der Waals surface area contributed by atoms with Crippen molar-refractivity contribution in [3.8, 4) is 0 Å². The van der Waals surface area contributed by atoms with Crippen LogP contribution in [0, 0.1) is 13.8 Å². The van der Waals surface area contributed by atoms with E-state index in [2.05, 4.69) is 6.07 Å². The number of nitrogens with zero attached hydrogens (tertiary/aromatic N) is 1. The Morgan fingerprint density at radius 1 is 1.07 bits per heavy atom. The molecule has 150 valence electrons. The highest BCUT2D eigenvalue weighted by Gasteiger charge is 2.43. The van der Waals surface area contributed by atoms with E-state index in [0.29, 0.717) is 25.9 Å². The zero-order valence-corrected chi connectivity index (χ0v) is 16.8. The molecule has 5 heteroatoms. The number of aryl methyl sites for hydroxylation is 2. The molecule has 1 amide bonds. The molecule has 3 aromatic rings.